The minimum absolute atomic E-state index is 0.162. The van der Waals surface area contributed by atoms with Crippen molar-refractivity contribution in [3.63, 3.8) is 0 Å². The molecule has 0 saturated carbocycles. The molecule has 1 fully saturated rings. The van der Waals surface area contributed by atoms with Gasteiger partial charge >= 0.3 is 0 Å². The van der Waals surface area contributed by atoms with Crippen LogP contribution in [0.5, 0.6) is 0 Å². The quantitative estimate of drug-likeness (QED) is 0.703. The van der Waals surface area contributed by atoms with Crippen LogP contribution in [0, 0.1) is 0 Å². The van der Waals surface area contributed by atoms with E-state index in [1.165, 1.54) is 11.1 Å². The van der Waals surface area contributed by atoms with Crippen molar-refractivity contribution in [1.82, 2.24) is 0 Å². The fraction of sp³-hybridized carbons (Fsp3) is 0.385. The predicted molar refractivity (Wildman–Crippen MR) is 58.5 cm³/mol. The zero-order valence-corrected chi connectivity index (χ0v) is 8.77. The fourth-order valence-electron chi connectivity index (χ4n) is 2.19. The Morgan fingerprint density at radius 3 is 3.13 bits per heavy atom. The highest BCUT2D eigenvalue weighted by Gasteiger charge is 2.57. The maximum atomic E-state index is 5.78. The first-order valence-corrected chi connectivity index (χ1v) is 5.39. The smallest absolute Gasteiger partial charge is 0.141 e. The van der Waals surface area contributed by atoms with Crippen molar-refractivity contribution in [2.24, 2.45) is 0 Å². The van der Waals surface area contributed by atoms with Crippen LogP contribution in [0.15, 0.2) is 30.3 Å². The van der Waals surface area contributed by atoms with Crippen LogP contribution in [0.3, 0.4) is 0 Å². The first kappa shape index (κ1) is 9.13. The van der Waals surface area contributed by atoms with E-state index in [2.05, 4.69) is 36.4 Å². The van der Waals surface area contributed by atoms with E-state index >= 15 is 0 Å². The molecule has 78 valence electrons. The molecule has 1 aromatic carbocycles. The van der Waals surface area contributed by atoms with E-state index in [4.69, 9.17) is 9.47 Å². The van der Waals surface area contributed by atoms with Gasteiger partial charge in [0, 0.05) is 6.61 Å². The minimum atomic E-state index is -0.162. The lowest BCUT2D eigenvalue weighted by atomic mass is 9.90. The van der Waals surface area contributed by atoms with Gasteiger partial charge in [-0.25, -0.2) is 0 Å². The molecule has 2 aliphatic rings. The summed E-state index contributed by atoms with van der Waals surface area (Å²) < 4.78 is 11.2. The Balaban J connectivity index is 1.88. The van der Waals surface area contributed by atoms with Gasteiger partial charge in [0.25, 0.3) is 0 Å². The summed E-state index contributed by atoms with van der Waals surface area (Å²) in [7, 11) is 0. The number of hydrogen-bond donors (Lipinski definition) is 0. The lowest BCUT2D eigenvalue weighted by Crippen LogP contribution is -2.19. The van der Waals surface area contributed by atoms with E-state index in [-0.39, 0.29) is 11.7 Å². The third-order valence-corrected chi connectivity index (χ3v) is 3.08. The highest BCUT2D eigenvalue weighted by Crippen LogP contribution is 2.54. The molecule has 2 nitrogen and oxygen atoms in total. The van der Waals surface area contributed by atoms with Crippen molar-refractivity contribution in [1.29, 1.82) is 0 Å². The molecule has 0 aromatic heterocycles. The van der Waals surface area contributed by atoms with Crippen molar-refractivity contribution >= 4 is 6.08 Å². The summed E-state index contributed by atoms with van der Waals surface area (Å²) in [5.41, 5.74) is 2.40. The minimum Gasteiger partial charge on any atom is -0.378 e. The Kier molecular flexibility index (Phi) is 1.94. The van der Waals surface area contributed by atoms with Crippen LogP contribution < -0.4 is 0 Å². The maximum absolute atomic E-state index is 5.78. The lowest BCUT2D eigenvalue weighted by Gasteiger charge is -2.13. The standard InChI is InChI=1S/C13H14O2/c1-2-14-9-13-8-7-10-5-3-4-6-11(10)12(13)15-13/h3-8,12H,2,9H2,1H3. The fourth-order valence-corrected chi connectivity index (χ4v) is 2.19. The number of epoxide rings is 1. The molecule has 2 atom stereocenters. The average Bonchev–Trinajstić information content (AvgIpc) is 3.02. The van der Waals surface area contributed by atoms with Gasteiger partial charge in [-0.15, -0.1) is 0 Å². The summed E-state index contributed by atoms with van der Waals surface area (Å²) in [4.78, 5) is 0. The van der Waals surface area contributed by atoms with Gasteiger partial charge in [-0.2, -0.15) is 0 Å². The first-order valence-electron chi connectivity index (χ1n) is 5.39. The van der Waals surface area contributed by atoms with E-state index in [1.54, 1.807) is 0 Å². The van der Waals surface area contributed by atoms with Gasteiger partial charge in [0.2, 0.25) is 0 Å². The molecule has 2 unspecified atom stereocenters. The molecule has 15 heavy (non-hydrogen) atoms. The van der Waals surface area contributed by atoms with Crippen LogP contribution >= 0.6 is 0 Å². The highest BCUT2D eigenvalue weighted by atomic mass is 16.6. The Morgan fingerprint density at radius 2 is 2.27 bits per heavy atom. The monoisotopic (exact) mass is 202 g/mol. The number of fused-ring (bicyclic) bond motifs is 3. The lowest BCUT2D eigenvalue weighted by molar-refractivity contribution is 0.105. The van der Waals surface area contributed by atoms with Crippen LogP contribution in [0.2, 0.25) is 0 Å². The van der Waals surface area contributed by atoms with Crippen molar-refractivity contribution in [3.8, 4) is 0 Å². The molecule has 2 heteroatoms. The maximum Gasteiger partial charge on any atom is 0.141 e. The number of rotatable bonds is 3. The van der Waals surface area contributed by atoms with Gasteiger partial charge in [0.15, 0.2) is 0 Å². The van der Waals surface area contributed by atoms with Gasteiger partial charge in [-0.1, -0.05) is 30.3 Å². The second-order valence-corrected chi connectivity index (χ2v) is 4.05. The van der Waals surface area contributed by atoms with Crippen LogP contribution in [0.1, 0.15) is 24.2 Å². The predicted octanol–water partition coefficient (Wildman–Crippen LogP) is 2.56. The summed E-state index contributed by atoms with van der Waals surface area (Å²) in [6.07, 6.45) is 4.48. The number of hydrogen-bond acceptors (Lipinski definition) is 2. The second-order valence-electron chi connectivity index (χ2n) is 4.05. The third kappa shape index (κ3) is 1.33. The topological polar surface area (TPSA) is 21.8 Å². The molecule has 1 saturated heterocycles. The largest absolute Gasteiger partial charge is 0.378 e. The molecule has 1 aliphatic carbocycles. The molecule has 0 radical (unpaired) electrons. The van der Waals surface area contributed by atoms with E-state index in [0.29, 0.717) is 6.61 Å². The molecule has 1 aromatic rings. The van der Waals surface area contributed by atoms with E-state index in [1.807, 2.05) is 6.92 Å². The molecule has 0 bridgehead atoms. The van der Waals surface area contributed by atoms with E-state index in [0.717, 1.165) is 6.61 Å². The molecular weight excluding hydrogens is 188 g/mol. The molecule has 0 spiro atoms. The molecule has 3 rings (SSSR count). The number of ether oxygens (including phenoxy) is 2. The molecule has 1 heterocycles. The number of benzene rings is 1. The van der Waals surface area contributed by atoms with E-state index < -0.39 is 0 Å². The van der Waals surface area contributed by atoms with Crippen LogP contribution in [0.4, 0.5) is 0 Å². The molecule has 0 amide bonds. The molecule has 1 aliphatic heterocycles. The average molecular weight is 202 g/mol. The van der Waals surface area contributed by atoms with Gasteiger partial charge < -0.3 is 9.47 Å². The molecule has 0 N–H and O–H groups in total. The second kappa shape index (κ2) is 3.19. The van der Waals surface area contributed by atoms with E-state index in [9.17, 15) is 0 Å². The summed E-state index contributed by atoms with van der Waals surface area (Å²) >= 11 is 0. The third-order valence-electron chi connectivity index (χ3n) is 3.08. The van der Waals surface area contributed by atoms with Crippen LogP contribution in [-0.2, 0) is 9.47 Å². The normalized spacial score (nSPS) is 30.9. The van der Waals surface area contributed by atoms with Gasteiger partial charge in [0.1, 0.15) is 11.7 Å². The highest BCUT2D eigenvalue weighted by molar-refractivity contribution is 5.62. The zero-order valence-electron chi connectivity index (χ0n) is 8.77. The summed E-state index contributed by atoms with van der Waals surface area (Å²) in [6.45, 7) is 3.42. The van der Waals surface area contributed by atoms with Gasteiger partial charge in [-0.3, -0.25) is 0 Å². The molecular formula is C13H14O2. The van der Waals surface area contributed by atoms with Crippen molar-refractivity contribution < 1.29 is 9.47 Å². The SMILES string of the molecule is CCOCC12C=Cc3ccccc3C1O2. The Hall–Kier alpha value is -1.12. The van der Waals surface area contributed by atoms with Crippen molar-refractivity contribution in [2.75, 3.05) is 13.2 Å². The van der Waals surface area contributed by atoms with Crippen LogP contribution in [-0.4, -0.2) is 18.8 Å². The first-order chi connectivity index (χ1) is 7.36. The van der Waals surface area contributed by atoms with Gasteiger partial charge in [-0.05, 0) is 24.1 Å². The Labute approximate surface area is 89.5 Å². The Morgan fingerprint density at radius 1 is 1.40 bits per heavy atom. The zero-order chi connectivity index (χ0) is 10.3. The van der Waals surface area contributed by atoms with Crippen LogP contribution in [0.25, 0.3) is 6.08 Å². The van der Waals surface area contributed by atoms with Gasteiger partial charge in [0.05, 0.1) is 6.61 Å². The Bertz CT molecular complexity index is 411. The van der Waals surface area contributed by atoms with Crippen molar-refractivity contribution in [2.45, 2.75) is 18.6 Å². The summed E-state index contributed by atoms with van der Waals surface area (Å²) in [5, 5.41) is 0. The summed E-state index contributed by atoms with van der Waals surface area (Å²) in [6, 6.07) is 8.38. The van der Waals surface area contributed by atoms with Crippen molar-refractivity contribution in [3.05, 3.63) is 41.5 Å². The summed E-state index contributed by atoms with van der Waals surface area (Å²) in [5.74, 6) is 0.